The number of piperazine rings is 1. The Bertz CT molecular complexity index is 1110. The first kappa shape index (κ1) is 22.0. The van der Waals surface area contributed by atoms with Gasteiger partial charge in [0.1, 0.15) is 22.9 Å². The van der Waals surface area contributed by atoms with Gasteiger partial charge in [0.2, 0.25) is 0 Å². The highest BCUT2D eigenvalue weighted by Gasteiger charge is 2.36. The lowest BCUT2D eigenvalue weighted by Gasteiger charge is -2.40. The zero-order valence-corrected chi connectivity index (χ0v) is 19.9. The van der Waals surface area contributed by atoms with Gasteiger partial charge in [0.15, 0.2) is 5.75 Å². The molecule has 3 aliphatic heterocycles. The van der Waals surface area contributed by atoms with Crippen LogP contribution in [0.3, 0.4) is 0 Å². The predicted molar refractivity (Wildman–Crippen MR) is 132 cm³/mol. The van der Waals surface area contributed by atoms with Crippen LogP contribution in [-0.4, -0.2) is 59.6 Å². The quantitative estimate of drug-likeness (QED) is 0.566. The van der Waals surface area contributed by atoms with Gasteiger partial charge in [-0.2, -0.15) is 0 Å². The lowest BCUT2D eigenvalue weighted by atomic mass is 9.88. The Balaban J connectivity index is 1.27. The second kappa shape index (κ2) is 8.85. The number of rotatable bonds is 1. The van der Waals surface area contributed by atoms with E-state index < -0.39 is 0 Å². The molecular weight excluding hydrogens is 410 g/mol. The van der Waals surface area contributed by atoms with Crippen LogP contribution < -0.4 is 4.74 Å². The average molecular weight is 444 g/mol. The van der Waals surface area contributed by atoms with Crippen molar-refractivity contribution in [2.24, 2.45) is 4.99 Å². The molecule has 0 aromatic heterocycles. The summed E-state index contributed by atoms with van der Waals surface area (Å²) >= 11 is 0. The number of hydrogen-bond donors (Lipinski definition) is 0. The van der Waals surface area contributed by atoms with E-state index in [0.717, 1.165) is 74.2 Å². The summed E-state index contributed by atoms with van der Waals surface area (Å²) in [7, 11) is 0. The number of hydrogen-bond acceptors (Lipinski definition) is 5. The molecule has 0 N–H and O–H groups in total. The van der Waals surface area contributed by atoms with Gasteiger partial charge in [-0.3, -0.25) is 4.90 Å². The molecule has 5 rings (SSSR count). The zero-order chi connectivity index (χ0) is 22.9. The number of nitrogens with zero attached hydrogens (tertiary/aromatic N) is 3. The van der Waals surface area contributed by atoms with Gasteiger partial charge in [-0.05, 0) is 64.3 Å². The van der Waals surface area contributed by atoms with Crippen LogP contribution in [0.1, 0.15) is 45.6 Å². The fourth-order valence-electron chi connectivity index (χ4n) is 5.02. The molecule has 0 aliphatic carbocycles. The third-order valence-corrected chi connectivity index (χ3v) is 6.70. The van der Waals surface area contributed by atoms with Crippen LogP contribution in [0, 0.1) is 11.8 Å². The third kappa shape index (κ3) is 4.93. The number of fused-ring (bicyclic) bond motifs is 2. The van der Waals surface area contributed by atoms with E-state index in [1.165, 1.54) is 6.42 Å². The molecule has 0 spiro atoms. The molecule has 0 bridgehead atoms. The Hall–Kier alpha value is -2.81. The van der Waals surface area contributed by atoms with Gasteiger partial charge in [0.05, 0.1) is 17.7 Å². The Kier molecular flexibility index (Phi) is 5.90. The van der Waals surface area contributed by atoms with Crippen molar-refractivity contribution < 1.29 is 9.47 Å². The molecule has 0 saturated carbocycles. The van der Waals surface area contributed by atoms with Crippen LogP contribution in [0.15, 0.2) is 53.5 Å². The van der Waals surface area contributed by atoms with Crippen molar-refractivity contribution >= 4 is 11.5 Å². The van der Waals surface area contributed by atoms with Crippen LogP contribution >= 0.6 is 0 Å². The molecule has 2 fully saturated rings. The normalized spacial score (nSPS) is 24.3. The number of ether oxygens (including phenoxy) is 2. The molecule has 33 heavy (non-hydrogen) atoms. The van der Waals surface area contributed by atoms with E-state index in [0.29, 0.717) is 0 Å². The van der Waals surface area contributed by atoms with E-state index in [4.69, 9.17) is 14.5 Å². The number of para-hydroxylation sites is 3. The van der Waals surface area contributed by atoms with Crippen molar-refractivity contribution in [2.75, 3.05) is 32.7 Å². The van der Waals surface area contributed by atoms with E-state index in [9.17, 15) is 0 Å². The van der Waals surface area contributed by atoms with E-state index in [-0.39, 0.29) is 11.2 Å². The number of aliphatic imine (C=N–C) groups is 1. The van der Waals surface area contributed by atoms with E-state index in [1.807, 2.05) is 36.4 Å². The largest absolute Gasteiger partial charge is 0.454 e. The predicted octanol–water partition coefficient (Wildman–Crippen LogP) is 5.23. The first-order valence-electron chi connectivity index (χ1n) is 12.0. The summed E-state index contributed by atoms with van der Waals surface area (Å²) in [6.07, 6.45) is 3.29. The fraction of sp³-hybridized carbons (Fsp3) is 0.464. The summed E-state index contributed by atoms with van der Waals surface area (Å²) in [5.41, 5.74) is 1.52. The number of benzene rings is 2. The van der Waals surface area contributed by atoms with E-state index in [1.54, 1.807) is 0 Å². The average Bonchev–Trinajstić information content (AvgIpc) is 2.95. The molecule has 0 radical (unpaired) electrons. The molecule has 2 aromatic carbocycles. The van der Waals surface area contributed by atoms with Crippen LogP contribution in [0.2, 0.25) is 0 Å². The molecule has 3 heterocycles. The topological polar surface area (TPSA) is 37.3 Å². The number of amidine groups is 1. The first-order chi connectivity index (χ1) is 15.9. The van der Waals surface area contributed by atoms with Crippen molar-refractivity contribution in [1.82, 2.24) is 9.80 Å². The maximum atomic E-state index is 6.29. The standard InChI is InChI=1S/C28H33N3O2/c1-27(2)14-8-15-28(3,33-27)16-9-17-30-18-20-31(21-19-30)26-22-10-4-6-12-24(22)32-25-13-7-5-11-23(25)29-26/h4-7,10-13H,8,14-15,17-21H2,1-3H3. The SMILES string of the molecule is CC1(C)CCCC(C)(C#CCN2CCN(C3=Nc4ccccc4Oc4ccccc43)CC2)O1. The van der Waals surface area contributed by atoms with Crippen LogP contribution in [0.5, 0.6) is 11.5 Å². The van der Waals surface area contributed by atoms with Crippen molar-refractivity contribution in [1.29, 1.82) is 0 Å². The lowest BCUT2D eigenvalue weighted by molar-refractivity contribution is -0.135. The summed E-state index contributed by atoms with van der Waals surface area (Å²) in [4.78, 5) is 9.83. The van der Waals surface area contributed by atoms with E-state index in [2.05, 4.69) is 54.5 Å². The molecule has 3 aliphatic rings. The van der Waals surface area contributed by atoms with E-state index >= 15 is 0 Å². The molecule has 5 nitrogen and oxygen atoms in total. The summed E-state index contributed by atoms with van der Waals surface area (Å²) < 4.78 is 12.5. The van der Waals surface area contributed by atoms with Crippen molar-refractivity contribution in [3.8, 4) is 23.3 Å². The third-order valence-electron chi connectivity index (χ3n) is 6.70. The second-order valence-electron chi connectivity index (χ2n) is 10.0. The van der Waals surface area contributed by atoms with Gasteiger partial charge in [-0.25, -0.2) is 4.99 Å². The Labute approximate surface area is 197 Å². The van der Waals surface area contributed by atoms with Crippen LogP contribution in [0.25, 0.3) is 0 Å². The smallest absolute Gasteiger partial charge is 0.153 e. The van der Waals surface area contributed by atoms with Gasteiger partial charge in [0, 0.05) is 26.2 Å². The molecule has 1 unspecified atom stereocenters. The Morgan fingerprint density at radius 1 is 0.909 bits per heavy atom. The highest BCUT2D eigenvalue weighted by molar-refractivity contribution is 6.03. The Morgan fingerprint density at radius 3 is 2.42 bits per heavy atom. The zero-order valence-electron chi connectivity index (χ0n) is 19.9. The molecule has 2 aromatic rings. The minimum Gasteiger partial charge on any atom is -0.454 e. The molecule has 1 atom stereocenters. The summed E-state index contributed by atoms with van der Waals surface area (Å²) in [6, 6.07) is 16.2. The van der Waals surface area contributed by atoms with Crippen LogP contribution in [0.4, 0.5) is 5.69 Å². The molecule has 5 heteroatoms. The summed E-state index contributed by atoms with van der Waals surface area (Å²) in [6.45, 7) is 11.0. The highest BCUT2D eigenvalue weighted by Crippen LogP contribution is 2.38. The lowest BCUT2D eigenvalue weighted by Crippen LogP contribution is -2.49. The summed E-state index contributed by atoms with van der Waals surface area (Å²) in [5, 5.41) is 0. The van der Waals surface area contributed by atoms with Gasteiger partial charge < -0.3 is 14.4 Å². The van der Waals surface area contributed by atoms with Gasteiger partial charge in [0.25, 0.3) is 0 Å². The monoisotopic (exact) mass is 443 g/mol. The molecule has 2 saturated heterocycles. The molecule has 0 amide bonds. The Morgan fingerprint density at radius 2 is 1.64 bits per heavy atom. The first-order valence-corrected chi connectivity index (χ1v) is 12.0. The minimum absolute atomic E-state index is 0.0780. The van der Waals surface area contributed by atoms with Gasteiger partial charge in [-0.1, -0.05) is 36.1 Å². The maximum Gasteiger partial charge on any atom is 0.153 e. The highest BCUT2D eigenvalue weighted by atomic mass is 16.5. The summed E-state index contributed by atoms with van der Waals surface area (Å²) in [5.74, 6) is 9.51. The van der Waals surface area contributed by atoms with Crippen molar-refractivity contribution in [3.05, 3.63) is 54.1 Å². The fourth-order valence-corrected chi connectivity index (χ4v) is 5.02. The maximum absolute atomic E-state index is 6.29. The van der Waals surface area contributed by atoms with Crippen molar-refractivity contribution in [2.45, 2.75) is 51.2 Å². The second-order valence-corrected chi connectivity index (χ2v) is 10.0. The molecular formula is C28H33N3O2. The minimum atomic E-state index is -0.324. The molecule has 172 valence electrons. The van der Waals surface area contributed by atoms with Crippen LogP contribution in [-0.2, 0) is 4.74 Å². The van der Waals surface area contributed by atoms with Gasteiger partial charge in [-0.15, -0.1) is 0 Å². The van der Waals surface area contributed by atoms with Gasteiger partial charge >= 0.3 is 0 Å². The van der Waals surface area contributed by atoms with Crippen molar-refractivity contribution in [3.63, 3.8) is 0 Å².